The molecule has 0 rings (SSSR count). The maximum Gasteiger partial charge on any atom is 0.501 e. The first kappa shape index (κ1) is 51.9. The van der Waals surface area contributed by atoms with Crippen LogP contribution in [-0.4, -0.2) is 171 Å². The maximum absolute atomic E-state index is 6.25. The number of rotatable bonds is 44. The molecule has 0 spiro atoms. The van der Waals surface area contributed by atoms with Crippen LogP contribution in [0.15, 0.2) is 0 Å². The zero-order chi connectivity index (χ0) is 38.3. The Hall–Kier alpha value is -0.126. The van der Waals surface area contributed by atoms with Crippen molar-refractivity contribution in [3.05, 3.63) is 0 Å². The van der Waals surface area contributed by atoms with Gasteiger partial charge in [-0.2, -0.15) is 0 Å². The Labute approximate surface area is 319 Å². The van der Waals surface area contributed by atoms with Crippen LogP contribution in [-0.2, 0) is 55.0 Å². The summed E-state index contributed by atoms with van der Waals surface area (Å²) in [5.41, 5.74) is 5.73. The summed E-state index contributed by atoms with van der Waals surface area (Å²) < 4.78 is 68.8. The molecular formula is C36H80N2O12Si2. The van der Waals surface area contributed by atoms with E-state index in [2.05, 4.69) is 4.90 Å². The van der Waals surface area contributed by atoms with Crippen molar-refractivity contribution in [1.29, 1.82) is 0 Å². The average Bonchev–Trinajstić information content (AvgIpc) is 3.14. The molecule has 0 heterocycles. The second-order valence-corrected chi connectivity index (χ2v) is 18.3. The van der Waals surface area contributed by atoms with Gasteiger partial charge in [0.2, 0.25) is 0 Å². The Morgan fingerprint density at radius 2 is 0.577 bits per heavy atom. The fourth-order valence-electron chi connectivity index (χ4n) is 5.60. The molecule has 0 aliphatic carbocycles. The summed E-state index contributed by atoms with van der Waals surface area (Å²) in [5, 5.41) is 0. The molecule has 0 atom stereocenters. The molecule has 0 radical (unpaired) electrons. The van der Waals surface area contributed by atoms with Crippen LogP contribution in [0, 0.1) is 0 Å². The van der Waals surface area contributed by atoms with Crippen LogP contribution < -0.4 is 5.73 Å². The molecule has 0 fully saturated rings. The van der Waals surface area contributed by atoms with Gasteiger partial charge in [0.15, 0.2) is 0 Å². The summed E-state index contributed by atoms with van der Waals surface area (Å²) in [4.78, 5) is 2.66. The van der Waals surface area contributed by atoms with Crippen molar-refractivity contribution in [2.24, 2.45) is 5.73 Å². The summed E-state index contributed by atoms with van der Waals surface area (Å²) in [5.74, 6) is 0. The van der Waals surface area contributed by atoms with Crippen molar-refractivity contribution < 1.29 is 55.0 Å². The molecule has 0 amide bonds. The van der Waals surface area contributed by atoms with Crippen LogP contribution >= 0.6 is 0 Å². The quantitative estimate of drug-likeness (QED) is 0.0669. The summed E-state index contributed by atoms with van der Waals surface area (Å²) in [6.45, 7) is 9.77. The molecule has 0 aromatic heterocycles. The van der Waals surface area contributed by atoms with Crippen LogP contribution in [0.3, 0.4) is 0 Å². The maximum atomic E-state index is 6.25. The topological polar surface area (TPSA) is 140 Å². The van der Waals surface area contributed by atoms with Crippen LogP contribution in [0.4, 0.5) is 0 Å². The number of nitrogens with two attached hydrogens (primary N) is 1. The van der Waals surface area contributed by atoms with Crippen molar-refractivity contribution in [3.63, 3.8) is 0 Å². The first-order valence-electron chi connectivity index (χ1n) is 19.7. The van der Waals surface area contributed by atoms with Crippen LogP contribution in [0.5, 0.6) is 0 Å². The lowest BCUT2D eigenvalue weighted by Crippen LogP contribution is -2.48. The van der Waals surface area contributed by atoms with E-state index < -0.39 is 17.6 Å². The molecule has 52 heavy (non-hydrogen) atoms. The van der Waals surface area contributed by atoms with Gasteiger partial charge in [-0.25, -0.2) is 0 Å². The monoisotopic (exact) mass is 789 g/mol. The van der Waals surface area contributed by atoms with Gasteiger partial charge in [-0.1, -0.05) is 38.5 Å². The minimum Gasteiger partial charge on any atom is -0.382 e. The third kappa shape index (κ3) is 30.1. The molecule has 0 aliphatic heterocycles. The van der Waals surface area contributed by atoms with Crippen molar-refractivity contribution in [3.8, 4) is 0 Å². The van der Waals surface area contributed by atoms with Gasteiger partial charge in [0.25, 0.3) is 0 Å². The Kier molecular flexibility index (Phi) is 39.0. The molecule has 0 aromatic rings. The van der Waals surface area contributed by atoms with E-state index in [-0.39, 0.29) is 0 Å². The van der Waals surface area contributed by atoms with E-state index in [0.717, 1.165) is 83.2 Å². The summed E-state index contributed by atoms with van der Waals surface area (Å²) >= 11 is 0. The zero-order valence-electron chi connectivity index (χ0n) is 34.1. The SMILES string of the molecule is COCCO[Si](CCCCCCN(CCCCCCN)CCCCCC[Si](OCCOC)(OCCOC)OCCOC)(OCCOC)OCCOC. The smallest absolute Gasteiger partial charge is 0.382 e. The van der Waals surface area contributed by atoms with Gasteiger partial charge in [0.05, 0.1) is 79.3 Å². The second-order valence-electron chi connectivity index (χ2n) is 12.8. The van der Waals surface area contributed by atoms with E-state index in [1.165, 1.54) is 32.1 Å². The van der Waals surface area contributed by atoms with Crippen LogP contribution in [0.2, 0.25) is 12.1 Å². The number of unbranched alkanes of at least 4 members (excludes halogenated alkanes) is 9. The number of methoxy groups -OCH3 is 6. The lowest BCUT2D eigenvalue weighted by Gasteiger charge is -2.30. The lowest BCUT2D eigenvalue weighted by molar-refractivity contribution is 0.0140. The van der Waals surface area contributed by atoms with Crippen molar-refractivity contribution in [2.75, 3.05) is 148 Å². The Balaban J connectivity index is 4.99. The fraction of sp³-hybridized carbons (Fsp3) is 1.00. The molecular weight excluding hydrogens is 709 g/mol. The Morgan fingerprint density at radius 1 is 0.327 bits per heavy atom. The van der Waals surface area contributed by atoms with Gasteiger partial charge >= 0.3 is 17.6 Å². The minimum absolute atomic E-state index is 0.443. The molecule has 0 bridgehead atoms. The summed E-state index contributed by atoms with van der Waals surface area (Å²) in [7, 11) is 4.26. The van der Waals surface area contributed by atoms with Gasteiger partial charge in [-0.15, -0.1) is 0 Å². The van der Waals surface area contributed by atoms with Gasteiger partial charge < -0.3 is 65.6 Å². The van der Waals surface area contributed by atoms with E-state index in [0.29, 0.717) is 79.3 Å². The molecule has 0 saturated heterocycles. The highest BCUT2D eigenvalue weighted by molar-refractivity contribution is 6.61. The molecule has 0 saturated carbocycles. The summed E-state index contributed by atoms with van der Waals surface area (Å²) in [6.07, 6.45) is 13.6. The van der Waals surface area contributed by atoms with Crippen molar-refractivity contribution in [2.45, 2.75) is 89.1 Å². The first-order valence-corrected chi connectivity index (χ1v) is 23.6. The largest absolute Gasteiger partial charge is 0.501 e. The van der Waals surface area contributed by atoms with E-state index in [1.54, 1.807) is 42.7 Å². The average molecular weight is 789 g/mol. The highest BCUT2D eigenvalue weighted by atomic mass is 28.4. The normalized spacial score (nSPS) is 12.5. The van der Waals surface area contributed by atoms with E-state index in [4.69, 9.17) is 60.7 Å². The van der Waals surface area contributed by atoms with E-state index in [9.17, 15) is 0 Å². The zero-order valence-corrected chi connectivity index (χ0v) is 36.1. The van der Waals surface area contributed by atoms with Gasteiger partial charge in [-0.3, -0.25) is 0 Å². The second kappa shape index (κ2) is 39.1. The number of ether oxygens (including phenoxy) is 6. The van der Waals surface area contributed by atoms with Gasteiger partial charge in [0.1, 0.15) is 0 Å². The lowest BCUT2D eigenvalue weighted by atomic mass is 10.1. The molecule has 0 aromatic carbocycles. The highest BCUT2D eigenvalue weighted by Crippen LogP contribution is 2.22. The van der Waals surface area contributed by atoms with Crippen LogP contribution in [0.1, 0.15) is 77.0 Å². The molecule has 314 valence electrons. The molecule has 14 nitrogen and oxygen atoms in total. The fourth-order valence-corrected chi connectivity index (χ4v) is 10.7. The Bertz CT molecular complexity index is 621. The van der Waals surface area contributed by atoms with Crippen molar-refractivity contribution in [1.82, 2.24) is 4.90 Å². The summed E-state index contributed by atoms with van der Waals surface area (Å²) in [6, 6.07) is 1.54. The third-order valence-electron chi connectivity index (χ3n) is 8.50. The van der Waals surface area contributed by atoms with E-state index >= 15 is 0 Å². The van der Waals surface area contributed by atoms with Gasteiger partial charge in [-0.05, 0) is 64.7 Å². The van der Waals surface area contributed by atoms with Crippen LogP contribution in [0.25, 0.3) is 0 Å². The molecule has 16 heteroatoms. The number of hydrogen-bond donors (Lipinski definition) is 1. The molecule has 2 N–H and O–H groups in total. The molecule has 0 unspecified atom stereocenters. The predicted octanol–water partition coefficient (Wildman–Crippen LogP) is 4.78. The predicted molar refractivity (Wildman–Crippen MR) is 209 cm³/mol. The molecule has 0 aliphatic rings. The Morgan fingerprint density at radius 3 is 0.827 bits per heavy atom. The number of hydrogen-bond acceptors (Lipinski definition) is 14. The van der Waals surface area contributed by atoms with E-state index in [1.807, 2.05) is 0 Å². The standard InChI is InChI=1S/C36H80N2O12Si2/c1-39-23-29-45-51(46-30-24-40-2,47-31-25-41-3)35-17-11-9-15-21-38(20-14-8-7-13-19-37)22-16-10-12-18-36-52(48-32-26-42-4,49-33-27-43-5)50-34-28-44-6/h7-37H2,1-6H3. The third-order valence-corrected chi connectivity index (χ3v) is 14.3. The van der Waals surface area contributed by atoms with Gasteiger partial charge in [0, 0.05) is 54.7 Å². The first-order chi connectivity index (χ1) is 25.5. The number of nitrogens with zero attached hydrogens (tertiary/aromatic N) is 1. The van der Waals surface area contributed by atoms with Crippen molar-refractivity contribution >= 4 is 17.6 Å². The highest BCUT2D eigenvalue weighted by Gasteiger charge is 2.41. The minimum atomic E-state index is -2.88.